The minimum absolute atomic E-state index is 0.0849. The Bertz CT molecular complexity index is 615. The largest absolute Gasteiger partial charge is 0.301 e. The summed E-state index contributed by atoms with van der Waals surface area (Å²) in [5, 5.41) is 3.72. The third-order valence-corrected chi connectivity index (χ3v) is 4.59. The lowest BCUT2D eigenvalue weighted by molar-refractivity contribution is -0.114. The molecule has 0 aliphatic carbocycles. The molecule has 0 fully saturated rings. The van der Waals surface area contributed by atoms with Crippen LogP contribution in [-0.2, 0) is 9.59 Å². The van der Waals surface area contributed by atoms with Gasteiger partial charge < -0.3 is 5.32 Å². The van der Waals surface area contributed by atoms with Gasteiger partial charge in [-0.25, -0.2) is 4.98 Å². The van der Waals surface area contributed by atoms with Gasteiger partial charge in [0, 0.05) is 6.92 Å². The molecule has 0 unspecified atom stereocenters. The zero-order valence-electron chi connectivity index (χ0n) is 10.3. The predicted molar refractivity (Wildman–Crippen MR) is 81.1 cm³/mol. The molecule has 4 nitrogen and oxygen atoms in total. The molecular formula is C12H11ClN2O2S2. The van der Waals surface area contributed by atoms with Crippen LogP contribution in [0.15, 0.2) is 12.1 Å². The van der Waals surface area contributed by atoms with E-state index >= 15 is 0 Å². The van der Waals surface area contributed by atoms with Gasteiger partial charge in [-0.2, -0.15) is 0 Å². The SMILES string of the molecule is CC(=O)SCC(=O)Nc1nc2c(C)ccc(Cl)c2s1. The number of carbonyl (C=O) groups excluding carboxylic acids is 2. The maximum absolute atomic E-state index is 11.6. The fourth-order valence-electron chi connectivity index (χ4n) is 1.48. The van der Waals surface area contributed by atoms with Gasteiger partial charge in [0.15, 0.2) is 10.2 Å². The number of aryl methyl sites for hydroxylation is 1. The van der Waals surface area contributed by atoms with Crippen molar-refractivity contribution in [2.45, 2.75) is 13.8 Å². The fourth-order valence-corrected chi connectivity index (χ4v) is 3.12. The number of rotatable bonds is 3. The number of halogens is 1. The molecule has 0 saturated carbocycles. The highest BCUT2D eigenvalue weighted by atomic mass is 35.5. The van der Waals surface area contributed by atoms with E-state index in [1.54, 1.807) is 0 Å². The Kier molecular flexibility index (Phi) is 4.44. The van der Waals surface area contributed by atoms with Crippen molar-refractivity contribution in [3.8, 4) is 0 Å². The summed E-state index contributed by atoms with van der Waals surface area (Å²) in [5.74, 6) is -0.147. The second-order valence-corrected chi connectivity index (χ2v) is 6.45. The van der Waals surface area contributed by atoms with Crippen LogP contribution < -0.4 is 5.32 Å². The van der Waals surface area contributed by atoms with Crippen molar-refractivity contribution in [1.29, 1.82) is 0 Å². The zero-order valence-corrected chi connectivity index (χ0v) is 12.7. The van der Waals surface area contributed by atoms with Gasteiger partial charge in [0.1, 0.15) is 0 Å². The van der Waals surface area contributed by atoms with Gasteiger partial charge in [-0.05, 0) is 18.6 Å². The van der Waals surface area contributed by atoms with Gasteiger partial charge in [-0.3, -0.25) is 9.59 Å². The molecule has 2 rings (SSSR count). The van der Waals surface area contributed by atoms with Gasteiger partial charge in [-0.15, -0.1) is 0 Å². The Morgan fingerprint density at radius 2 is 2.21 bits per heavy atom. The second-order valence-electron chi connectivity index (χ2n) is 3.89. The van der Waals surface area contributed by atoms with E-state index in [-0.39, 0.29) is 16.8 Å². The molecule has 1 amide bonds. The van der Waals surface area contributed by atoms with E-state index in [1.165, 1.54) is 18.3 Å². The zero-order chi connectivity index (χ0) is 14.0. The number of aromatic nitrogens is 1. The molecule has 2 aromatic rings. The van der Waals surface area contributed by atoms with Crippen LogP contribution in [0.4, 0.5) is 5.13 Å². The minimum atomic E-state index is -0.243. The van der Waals surface area contributed by atoms with E-state index < -0.39 is 0 Å². The molecule has 1 aromatic carbocycles. The molecule has 0 aliphatic rings. The molecule has 19 heavy (non-hydrogen) atoms. The number of hydrogen-bond donors (Lipinski definition) is 1. The van der Waals surface area contributed by atoms with E-state index in [0.717, 1.165) is 27.5 Å². The quantitative estimate of drug-likeness (QED) is 0.942. The van der Waals surface area contributed by atoms with Gasteiger partial charge in [0.2, 0.25) is 5.91 Å². The summed E-state index contributed by atoms with van der Waals surface area (Å²) in [7, 11) is 0. The van der Waals surface area contributed by atoms with Crippen molar-refractivity contribution < 1.29 is 9.59 Å². The summed E-state index contributed by atoms with van der Waals surface area (Å²) in [6.45, 7) is 3.37. The molecule has 0 spiro atoms. The first-order valence-corrected chi connectivity index (χ1v) is 7.64. The standard InChI is InChI=1S/C12H11ClN2O2S2/c1-6-3-4-8(13)11-10(6)15-12(19-11)14-9(17)5-18-7(2)16/h3-4H,5H2,1-2H3,(H,14,15,17). The first-order valence-electron chi connectivity index (χ1n) is 5.46. The minimum Gasteiger partial charge on any atom is -0.301 e. The van der Waals surface area contributed by atoms with Crippen LogP contribution in [0, 0.1) is 6.92 Å². The van der Waals surface area contributed by atoms with Gasteiger partial charge in [-0.1, -0.05) is 40.8 Å². The Hall–Kier alpha value is -1.11. The second kappa shape index (κ2) is 5.90. The third kappa shape index (κ3) is 3.46. The number of carbonyl (C=O) groups is 2. The number of thiazole rings is 1. The molecule has 1 N–H and O–H groups in total. The first-order chi connectivity index (χ1) is 8.97. The van der Waals surface area contributed by atoms with Gasteiger partial charge >= 0.3 is 0 Å². The first kappa shape index (κ1) is 14.3. The molecule has 100 valence electrons. The summed E-state index contributed by atoms with van der Waals surface area (Å²) >= 11 is 8.39. The number of hydrogen-bond acceptors (Lipinski definition) is 5. The number of fused-ring (bicyclic) bond motifs is 1. The van der Waals surface area contributed by atoms with Crippen LogP contribution in [0.3, 0.4) is 0 Å². The Labute approximate surface area is 123 Å². The predicted octanol–water partition coefficient (Wildman–Crippen LogP) is 3.48. The topological polar surface area (TPSA) is 59.1 Å². The lowest BCUT2D eigenvalue weighted by Crippen LogP contribution is -2.14. The van der Waals surface area contributed by atoms with Crippen LogP contribution >= 0.6 is 34.7 Å². The van der Waals surface area contributed by atoms with Crippen molar-refractivity contribution >= 4 is 61.1 Å². The molecule has 0 aliphatic heterocycles. The van der Waals surface area contributed by atoms with E-state index in [0.29, 0.717) is 10.2 Å². The summed E-state index contributed by atoms with van der Waals surface area (Å²) in [4.78, 5) is 26.7. The Morgan fingerprint density at radius 1 is 1.47 bits per heavy atom. The average Bonchev–Trinajstić information content (AvgIpc) is 2.76. The highest BCUT2D eigenvalue weighted by Crippen LogP contribution is 2.33. The van der Waals surface area contributed by atoms with E-state index in [9.17, 15) is 9.59 Å². The summed E-state index contributed by atoms with van der Waals surface area (Å²) in [5.41, 5.74) is 1.81. The monoisotopic (exact) mass is 314 g/mol. The van der Waals surface area contributed by atoms with Gasteiger partial charge in [0.05, 0.1) is 21.0 Å². The molecule has 1 aromatic heterocycles. The van der Waals surface area contributed by atoms with E-state index in [4.69, 9.17) is 11.6 Å². The number of nitrogens with zero attached hydrogens (tertiary/aromatic N) is 1. The Balaban J connectivity index is 2.18. The van der Waals surface area contributed by atoms with Crippen molar-refractivity contribution in [3.63, 3.8) is 0 Å². The summed E-state index contributed by atoms with van der Waals surface area (Å²) in [6, 6.07) is 3.70. The maximum Gasteiger partial charge on any atom is 0.236 e. The normalized spacial score (nSPS) is 10.7. The maximum atomic E-state index is 11.6. The molecule has 7 heteroatoms. The van der Waals surface area contributed by atoms with Crippen LogP contribution in [-0.4, -0.2) is 21.8 Å². The molecular weight excluding hydrogens is 304 g/mol. The number of anilines is 1. The number of thioether (sulfide) groups is 1. The highest BCUT2D eigenvalue weighted by Gasteiger charge is 2.12. The third-order valence-electron chi connectivity index (χ3n) is 2.35. The van der Waals surface area contributed by atoms with Crippen molar-refractivity contribution in [3.05, 3.63) is 22.7 Å². The molecule has 0 saturated heterocycles. The molecule has 0 atom stereocenters. The summed E-state index contributed by atoms with van der Waals surface area (Å²) in [6.07, 6.45) is 0. The molecule has 0 bridgehead atoms. The number of benzene rings is 1. The van der Waals surface area contributed by atoms with Gasteiger partial charge in [0.25, 0.3) is 0 Å². The highest BCUT2D eigenvalue weighted by molar-refractivity contribution is 8.14. The smallest absolute Gasteiger partial charge is 0.236 e. The van der Waals surface area contributed by atoms with Crippen molar-refractivity contribution in [2.24, 2.45) is 0 Å². The number of nitrogens with one attached hydrogen (secondary N) is 1. The fraction of sp³-hybridized carbons (Fsp3) is 0.250. The van der Waals surface area contributed by atoms with Crippen LogP contribution in [0.2, 0.25) is 5.02 Å². The molecule has 1 heterocycles. The van der Waals surface area contributed by atoms with Crippen LogP contribution in [0.5, 0.6) is 0 Å². The Morgan fingerprint density at radius 3 is 2.84 bits per heavy atom. The van der Waals surface area contributed by atoms with Crippen LogP contribution in [0.1, 0.15) is 12.5 Å². The lowest BCUT2D eigenvalue weighted by Gasteiger charge is -1.98. The average molecular weight is 315 g/mol. The van der Waals surface area contributed by atoms with Crippen molar-refractivity contribution in [1.82, 2.24) is 4.98 Å². The van der Waals surface area contributed by atoms with Crippen LogP contribution in [0.25, 0.3) is 10.2 Å². The van der Waals surface area contributed by atoms with E-state index in [1.807, 2.05) is 19.1 Å². The number of amides is 1. The van der Waals surface area contributed by atoms with E-state index in [2.05, 4.69) is 10.3 Å². The summed E-state index contributed by atoms with van der Waals surface area (Å²) < 4.78 is 0.858. The lowest BCUT2D eigenvalue weighted by atomic mass is 10.2. The molecule has 0 radical (unpaired) electrons. The van der Waals surface area contributed by atoms with Crippen molar-refractivity contribution in [2.75, 3.05) is 11.1 Å².